The number of phenols is 1. The Labute approximate surface area is 435 Å². The van der Waals surface area contributed by atoms with Gasteiger partial charge in [0.05, 0.1) is 19.1 Å². The van der Waals surface area contributed by atoms with Crippen LogP contribution in [0.25, 0.3) is 18.2 Å². The Balaban J connectivity index is 1.91. The summed E-state index contributed by atoms with van der Waals surface area (Å²) in [5.74, 6) is -10.1. The van der Waals surface area contributed by atoms with Gasteiger partial charge in [-0.3, -0.25) is 38.4 Å². The maximum Gasteiger partial charge on any atom is 0.331 e. The van der Waals surface area contributed by atoms with Crippen LogP contribution < -0.4 is 37.6 Å². The topological polar surface area (TPSA) is 325 Å². The number of likely N-dealkylation sites (N-methyl/N-ethyl adjacent to an activating group) is 1. The number of unbranched alkanes of at least 4 members (excludes halogenated alkanes) is 1. The van der Waals surface area contributed by atoms with Crippen molar-refractivity contribution in [2.75, 3.05) is 13.7 Å². The number of aliphatic hydroxyl groups is 2. The second kappa shape index (κ2) is 28.9. The first-order chi connectivity index (χ1) is 35.6. The third kappa shape index (κ3) is 18.4. The van der Waals surface area contributed by atoms with Crippen LogP contribution in [-0.2, 0) is 54.3 Å². The molecule has 0 radical (unpaired) electrons. The van der Waals surface area contributed by atoms with Gasteiger partial charge < -0.3 is 62.6 Å². The van der Waals surface area contributed by atoms with Crippen LogP contribution in [-0.4, -0.2) is 136 Å². The van der Waals surface area contributed by atoms with E-state index in [2.05, 4.69) is 31.9 Å². The van der Waals surface area contributed by atoms with Gasteiger partial charge >= 0.3 is 5.97 Å². The second-order valence-electron chi connectivity index (χ2n) is 18.4. The van der Waals surface area contributed by atoms with E-state index in [9.17, 15) is 58.5 Å². The molecule has 0 spiro atoms. The maximum atomic E-state index is 14.9. The van der Waals surface area contributed by atoms with Crippen molar-refractivity contribution in [3.8, 4) is 5.75 Å². The minimum Gasteiger partial charge on any atom is -0.508 e. The molecule has 0 saturated carbocycles. The van der Waals surface area contributed by atoms with E-state index < -0.39 is 120 Å². The molecule has 1 saturated heterocycles. The van der Waals surface area contributed by atoms with Gasteiger partial charge in [-0.15, -0.1) is 0 Å². The first-order valence-corrected chi connectivity index (χ1v) is 24.5. The molecule has 0 aliphatic carbocycles. The number of esters is 1. The molecule has 0 aromatic heterocycles. The first kappa shape index (κ1) is 59.4. The Bertz CT molecular complexity index is 2600. The van der Waals surface area contributed by atoms with E-state index in [0.717, 1.165) is 36.3 Å². The van der Waals surface area contributed by atoms with Gasteiger partial charge in [-0.05, 0) is 79.1 Å². The fourth-order valence-electron chi connectivity index (χ4n) is 7.69. The summed E-state index contributed by atoms with van der Waals surface area (Å²) in [6, 6.07) is 10.8. The fraction of sp³-hybridized carbons (Fsp3) is 0.389. The van der Waals surface area contributed by atoms with Gasteiger partial charge in [-0.1, -0.05) is 106 Å². The maximum absolute atomic E-state index is 14.9. The van der Waals surface area contributed by atoms with Crippen molar-refractivity contribution >= 4 is 71.5 Å². The number of aromatic hydroxyl groups is 1. The molecular weight excluding hydrogens is 969 g/mol. The van der Waals surface area contributed by atoms with E-state index >= 15 is 0 Å². The Morgan fingerprint density at radius 1 is 0.773 bits per heavy atom. The monoisotopic (exact) mass is 1040 g/mol. The number of rotatable bonds is 15. The zero-order valence-corrected chi connectivity index (χ0v) is 42.8. The number of hydrogen-bond donors (Lipinski definition) is 10. The van der Waals surface area contributed by atoms with Gasteiger partial charge in [0.15, 0.2) is 6.04 Å². The number of allylic oxidation sites excluding steroid dienone is 1. The normalized spacial score (nSPS) is 23.1. The number of nitrogens with two attached hydrogens (primary N) is 1. The minimum atomic E-state index is -1.94. The number of ether oxygens (including phenoxy) is 1. The smallest absolute Gasteiger partial charge is 0.331 e. The van der Waals surface area contributed by atoms with Crippen molar-refractivity contribution in [3.63, 3.8) is 0 Å². The number of hydrogen-bond acceptors (Lipinski definition) is 13. The van der Waals surface area contributed by atoms with Crippen LogP contribution in [0, 0.1) is 5.92 Å². The predicted octanol–water partition coefficient (Wildman–Crippen LogP) is 1.11. The van der Waals surface area contributed by atoms with Crippen molar-refractivity contribution in [1.82, 2.24) is 36.8 Å². The number of carbonyl (C=O) groups excluding carboxylic acids is 9. The number of aliphatic hydroxyl groups excluding tert-OH is 2. The SMILES string of the molecule is CCC/C=C\c1ccccc1/C=C/C(=O)N[C@@H]1C(=O)N(C)/C(=C/c2ccc(O)cc2)C(=O)N[C@@H](CC(C)C)C(=O)N[C@H](Cc2ccccc2)C(=O)N[C@@H]([C@H](C)O)C(=O)N[C@@H](CC(N)=O)C(=O)N[C@@H](CO)C(=O)O[C@@H]1C. The number of carbonyl (C=O) groups is 9. The van der Waals surface area contributed by atoms with E-state index in [4.69, 9.17) is 10.5 Å². The highest BCUT2D eigenvalue weighted by atomic mass is 16.5. The summed E-state index contributed by atoms with van der Waals surface area (Å²) in [5.41, 5.74) is 7.28. The number of benzene rings is 3. The van der Waals surface area contributed by atoms with Gasteiger partial charge in [-0.25, -0.2) is 4.79 Å². The van der Waals surface area contributed by atoms with Crippen molar-refractivity contribution in [1.29, 1.82) is 0 Å². The Hall–Kier alpha value is -8.17. The summed E-state index contributed by atoms with van der Waals surface area (Å²) in [5, 5.41) is 46.0. The number of nitrogens with one attached hydrogen (secondary N) is 6. The van der Waals surface area contributed by atoms with Gasteiger partial charge in [0.1, 0.15) is 47.8 Å². The molecule has 1 heterocycles. The van der Waals surface area contributed by atoms with Gasteiger partial charge in [0.25, 0.3) is 11.8 Å². The lowest BCUT2D eigenvalue weighted by atomic mass is 10.00. The summed E-state index contributed by atoms with van der Waals surface area (Å²) in [7, 11) is 1.19. The van der Waals surface area contributed by atoms with Crippen LogP contribution in [0.5, 0.6) is 5.75 Å². The Kier molecular flexibility index (Phi) is 22.9. The standard InChI is InChI=1S/C54H68N8O13/c1-7-8-10-17-36-18-13-14-19-37(36)22-25-45(67)60-47-33(5)75-54(74)42(30-63)59-49(69)41(29-44(55)66)58-52(72)46(32(4)64)61-50(70)40(27-34-15-11-9-12-16-34)56-48(68)39(26-31(2)3)57-51(71)43(62(6)53(47)73)28-35-20-23-38(65)24-21-35/h9-25,28,31-33,39-42,46-47,63-65H,7-8,26-27,29-30H2,1-6H3,(H2,55,66)(H,56,68)(H,57,71)(H,58,72)(H,59,69)(H,60,67)(H,61,70)/b17-10-,25-22+,43-28+/t32-,33+,39-,40+,41-,42-,46-,47-/m0/s1. The summed E-state index contributed by atoms with van der Waals surface area (Å²) >= 11 is 0. The lowest BCUT2D eigenvalue weighted by Crippen LogP contribution is -2.62. The second-order valence-corrected chi connectivity index (χ2v) is 18.4. The van der Waals surface area contributed by atoms with E-state index in [-0.39, 0.29) is 30.1 Å². The summed E-state index contributed by atoms with van der Waals surface area (Å²) in [6.07, 6.45) is 5.12. The van der Waals surface area contributed by atoms with Crippen LogP contribution in [0.3, 0.4) is 0 Å². The van der Waals surface area contributed by atoms with Crippen molar-refractivity contribution < 1.29 is 63.2 Å². The van der Waals surface area contributed by atoms with E-state index in [1.54, 1.807) is 56.3 Å². The van der Waals surface area contributed by atoms with Crippen LogP contribution in [0.1, 0.15) is 82.6 Å². The molecule has 4 rings (SSSR count). The highest BCUT2D eigenvalue weighted by Gasteiger charge is 2.39. The average molecular weight is 1040 g/mol. The fourth-order valence-corrected chi connectivity index (χ4v) is 7.69. The third-order valence-corrected chi connectivity index (χ3v) is 11.7. The van der Waals surface area contributed by atoms with Gasteiger partial charge in [0.2, 0.25) is 35.4 Å². The zero-order valence-electron chi connectivity index (χ0n) is 42.8. The Morgan fingerprint density at radius 3 is 1.96 bits per heavy atom. The molecule has 21 heteroatoms. The molecule has 0 bridgehead atoms. The quantitative estimate of drug-likeness (QED) is 0.0755. The van der Waals surface area contributed by atoms with E-state index in [1.807, 2.05) is 31.2 Å². The predicted molar refractivity (Wildman–Crippen MR) is 278 cm³/mol. The number of cyclic esters (lactones) is 1. The zero-order chi connectivity index (χ0) is 55.4. The molecule has 1 aliphatic heterocycles. The van der Waals surface area contributed by atoms with Gasteiger partial charge in [-0.2, -0.15) is 0 Å². The van der Waals surface area contributed by atoms with Crippen molar-refractivity contribution in [2.24, 2.45) is 11.7 Å². The minimum absolute atomic E-state index is 0.0228. The number of nitrogens with zero attached hydrogens (tertiary/aromatic N) is 1. The van der Waals surface area contributed by atoms with Crippen LogP contribution in [0.15, 0.2) is 96.7 Å². The molecule has 402 valence electrons. The third-order valence-electron chi connectivity index (χ3n) is 11.7. The van der Waals surface area contributed by atoms with Crippen LogP contribution >= 0.6 is 0 Å². The van der Waals surface area contributed by atoms with Crippen LogP contribution in [0.4, 0.5) is 0 Å². The molecule has 0 unspecified atom stereocenters. The summed E-state index contributed by atoms with van der Waals surface area (Å²) in [6.45, 7) is 6.80. The number of primary amides is 1. The van der Waals surface area contributed by atoms with Crippen molar-refractivity contribution in [2.45, 2.75) is 115 Å². The number of phenolic OH excluding ortho intramolecular Hbond substituents is 1. The highest BCUT2D eigenvalue weighted by Crippen LogP contribution is 2.19. The van der Waals surface area contributed by atoms with Crippen LogP contribution in [0.2, 0.25) is 0 Å². The summed E-state index contributed by atoms with van der Waals surface area (Å²) < 4.78 is 5.63. The van der Waals surface area contributed by atoms with Gasteiger partial charge in [0, 0.05) is 19.5 Å². The first-order valence-electron chi connectivity index (χ1n) is 24.5. The summed E-state index contributed by atoms with van der Waals surface area (Å²) in [4.78, 5) is 127. The molecular formula is C54H68N8O13. The molecule has 3 aromatic carbocycles. The molecule has 8 amide bonds. The molecule has 8 atom stereocenters. The lowest BCUT2D eigenvalue weighted by Gasteiger charge is -2.31. The molecule has 1 aliphatic rings. The molecule has 11 N–H and O–H groups in total. The number of amides is 8. The van der Waals surface area contributed by atoms with Crippen molar-refractivity contribution in [3.05, 3.63) is 119 Å². The molecule has 75 heavy (non-hydrogen) atoms. The molecule has 21 nitrogen and oxygen atoms in total. The average Bonchev–Trinajstić information content (AvgIpc) is 3.36. The molecule has 3 aromatic rings. The van der Waals surface area contributed by atoms with E-state index in [0.29, 0.717) is 11.1 Å². The van der Waals surface area contributed by atoms with E-state index in [1.165, 1.54) is 50.4 Å². The lowest BCUT2D eigenvalue weighted by molar-refractivity contribution is -0.157. The largest absolute Gasteiger partial charge is 0.508 e. The highest BCUT2D eigenvalue weighted by molar-refractivity contribution is 6.05. The Morgan fingerprint density at radius 2 is 1.36 bits per heavy atom. The molecule has 1 fully saturated rings.